The van der Waals surface area contributed by atoms with Gasteiger partial charge < -0.3 is 0 Å². The Morgan fingerprint density at radius 3 is 1.00 bits per heavy atom. The molecule has 0 saturated carbocycles. The van der Waals surface area contributed by atoms with Gasteiger partial charge in [0.2, 0.25) is 0 Å². The van der Waals surface area contributed by atoms with Crippen LogP contribution < -0.4 is 0 Å². The van der Waals surface area contributed by atoms with Gasteiger partial charge in [-0.05, 0) is 0 Å². The monoisotopic (exact) mass is 100.0 g/mol. The van der Waals surface area contributed by atoms with E-state index in [1.54, 1.807) is 0 Å². The van der Waals surface area contributed by atoms with Crippen LogP contribution in [0.15, 0.2) is 0 Å². The maximum Gasteiger partial charge on any atom is 0.456 e. The smallest absolute Gasteiger partial charge is 0.152 e. The maximum atomic E-state index is 9.73. The van der Waals surface area contributed by atoms with Crippen molar-refractivity contribution in [2.24, 2.45) is 0 Å². The third kappa shape index (κ3) is 430. The van der Waals surface area contributed by atoms with E-state index in [9.17, 15) is 12.6 Å². The lowest BCUT2D eigenvalue weighted by Gasteiger charge is -1.61. The molecule has 0 aromatic carbocycles. The van der Waals surface area contributed by atoms with E-state index in [0.29, 0.717) is 0 Å². The van der Waals surface area contributed by atoms with Crippen molar-refractivity contribution in [1.82, 2.24) is 0 Å². The van der Waals surface area contributed by atoms with Crippen molar-refractivity contribution < 1.29 is 12.6 Å². The van der Waals surface area contributed by atoms with Crippen LogP contribution in [-0.4, -0.2) is 0 Å². The van der Waals surface area contributed by atoms with Gasteiger partial charge in [0.1, 0.15) is 0 Å². The second-order valence-corrected chi connectivity index (χ2v) is 0.575. The highest BCUT2D eigenvalue weighted by atomic mass is 31.2. The standard InChI is InChI=1S/C.F3P/c;1-4(2)3. The van der Waals surface area contributed by atoms with E-state index < -0.39 is 8.85 Å². The van der Waals surface area contributed by atoms with E-state index in [-0.39, 0.29) is 7.43 Å². The van der Waals surface area contributed by atoms with Crippen LogP contribution in [0.5, 0.6) is 0 Å². The molecule has 0 aromatic rings. The second kappa shape index (κ2) is 4.22. The molecule has 0 spiro atoms. The van der Waals surface area contributed by atoms with Gasteiger partial charge in [-0.15, -0.1) is 0 Å². The van der Waals surface area contributed by atoms with Gasteiger partial charge in [0, 0.05) is 7.43 Å². The van der Waals surface area contributed by atoms with Crippen molar-refractivity contribution in [2.75, 3.05) is 0 Å². The van der Waals surface area contributed by atoms with E-state index in [1.165, 1.54) is 0 Å². The minimum absolute atomic E-state index is 0. The Morgan fingerprint density at radius 1 is 1.00 bits per heavy atom. The number of hydrogen-bond donors (Lipinski definition) is 0. The summed E-state index contributed by atoms with van der Waals surface area (Å²) in [6.45, 7) is 0. The molecular formula is CF3P. The lowest BCUT2D eigenvalue weighted by molar-refractivity contribution is 0.633. The summed E-state index contributed by atoms with van der Waals surface area (Å²) >= 11 is 0. The normalized spacial score (nSPS) is 7.20. The number of rotatable bonds is 0. The Kier molecular flexibility index (Phi) is 7.57. The molecule has 4 radical (unpaired) electrons. The molecule has 0 amide bonds. The lowest BCUT2D eigenvalue weighted by atomic mass is 12.0. The van der Waals surface area contributed by atoms with Gasteiger partial charge in [-0.2, -0.15) is 12.6 Å². The fourth-order valence-corrected chi connectivity index (χ4v) is 0. The molecule has 0 bridgehead atoms. The first-order valence-electron chi connectivity index (χ1n) is 0.507. The molecule has 0 N–H and O–H groups in total. The van der Waals surface area contributed by atoms with Crippen molar-refractivity contribution in [3.63, 3.8) is 0 Å². The topological polar surface area (TPSA) is 0 Å². The molecule has 30 valence electrons. The molecule has 0 aromatic heterocycles. The van der Waals surface area contributed by atoms with E-state index in [2.05, 4.69) is 0 Å². The van der Waals surface area contributed by atoms with E-state index in [1.807, 2.05) is 0 Å². The quantitative estimate of drug-likeness (QED) is 0.409. The minimum atomic E-state index is -4.12. The van der Waals surface area contributed by atoms with Crippen molar-refractivity contribution in [3.8, 4) is 0 Å². The third-order valence-corrected chi connectivity index (χ3v) is 0. The molecule has 0 nitrogen and oxygen atoms in total. The zero-order valence-electron chi connectivity index (χ0n) is 2.08. The summed E-state index contributed by atoms with van der Waals surface area (Å²) in [6, 6.07) is 0. The average molecular weight is 100.0 g/mol. The van der Waals surface area contributed by atoms with Gasteiger partial charge in [-0.25, -0.2) is 0 Å². The van der Waals surface area contributed by atoms with Gasteiger partial charge in [-0.3, -0.25) is 0 Å². The summed E-state index contributed by atoms with van der Waals surface area (Å²) in [7, 11) is -4.12. The fourth-order valence-electron chi connectivity index (χ4n) is 0. The van der Waals surface area contributed by atoms with E-state index in [0.717, 1.165) is 0 Å². The zero-order chi connectivity index (χ0) is 3.58. The van der Waals surface area contributed by atoms with Gasteiger partial charge in [0.15, 0.2) is 0 Å². The van der Waals surface area contributed by atoms with E-state index >= 15 is 0 Å². The fraction of sp³-hybridized carbons (Fsp3) is 0. The minimum Gasteiger partial charge on any atom is -0.152 e. The highest BCUT2D eigenvalue weighted by Gasteiger charge is 1.91. The van der Waals surface area contributed by atoms with Crippen molar-refractivity contribution in [2.45, 2.75) is 0 Å². The van der Waals surface area contributed by atoms with Crippen molar-refractivity contribution >= 4 is 8.85 Å². The molecule has 0 aliphatic carbocycles. The highest BCUT2D eigenvalue weighted by Crippen LogP contribution is 2.39. The summed E-state index contributed by atoms with van der Waals surface area (Å²) in [6.07, 6.45) is 0. The number of halogens is 3. The van der Waals surface area contributed by atoms with Crippen LogP contribution in [0.3, 0.4) is 0 Å². The molecule has 0 aliphatic rings. The zero-order valence-corrected chi connectivity index (χ0v) is 2.98. The summed E-state index contributed by atoms with van der Waals surface area (Å²) in [5.41, 5.74) is 0. The van der Waals surface area contributed by atoms with Gasteiger partial charge in [-0.1, -0.05) is 0 Å². The van der Waals surface area contributed by atoms with Crippen LogP contribution in [0.1, 0.15) is 0 Å². The molecule has 0 rings (SSSR count). The third-order valence-electron chi connectivity index (χ3n) is 0. The molecule has 0 fully saturated rings. The lowest BCUT2D eigenvalue weighted by Crippen LogP contribution is -1.10. The SMILES string of the molecule is FP(F)F.[C]. The predicted molar refractivity (Wildman–Crippen MR) is 13.5 cm³/mol. The van der Waals surface area contributed by atoms with Crippen molar-refractivity contribution in [1.29, 1.82) is 0 Å². The molecular weight excluding hydrogens is 100.0 g/mol. The molecule has 0 heterocycles. The summed E-state index contributed by atoms with van der Waals surface area (Å²) < 4.78 is 29.2. The van der Waals surface area contributed by atoms with Gasteiger partial charge in [0.25, 0.3) is 0 Å². The number of hydrogen-bond acceptors (Lipinski definition) is 0. The molecule has 0 unspecified atom stereocenters. The summed E-state index contributed by atoms with van der Waals surface area (Å²) in [5.74, 6) is 0. The molecule has 5 heavy (non-hydrogen) atoms. The molecule has 0 aliphatic heterocycles. The Hall–Kier alpha value is 0.220. The van der Waals surface area contributed by atoms with Crippen LogP contribution in [-0.2, 0) is 0 Å². The Morgan fingerprint density at radius 2 is 1.00 bits per heavy atom. The van der Waals surface area contributed by atoms with Crippen molar-refractivity contribution in [3.05, 3.63) is 7.43 Å². The van der Waals surface area contributed by atoms with E-state index in [4.69, 9.17) is 0 Å². The van der Waals surface area contributed by atoms with Crippen LogP contribution in [0.25, 0.3) is 0 Å². The molecule has 0 atom stereocenters. The molecule has 4 heteroatoms. The largest absolute Gasteiger partial charge is 0.456 e. The average Bonchev–Trinajstić information content (AvgIpc) is 0.811. The Balaban J connectivity index is 0. The summed E-state index contributed by atoms with van der Waals surface area (Å²) in [5, 5.41) is 0. The summed E-state index contributed by atoms with van der Waals surface area (Å²) in [4.78, 5) is 0. The Labute approximate surface area is 30.1 Å². The van der Waals surface area contributed by atoms with Crippen LogP contribution in [0.2, 0.25) is 0 Å². The highest BCUT2D eigenvalue weighted by molar-refractivity contribution is 7.40. The first-order chi connectivity index (χ1) is 1.73. The Bertz CT molecular complexity index is 11.6. The maximum absolute atomic E-state index is 9.73. The van der Waals surface area contributed by atoms with Crippen LogP contribution in [0, 0.1) is 7.43 Å². The molecule has 0 saturated heterocycles. The predicted octanol–water partition coefficient (Wildman–Crippen LogP) is 2.20. The van der Waals surface area contributed by atoms with Crippen LogP contribution >= 0.6 is 8.85 Å². The van der Waals surface area contributed by atoms with Gasteiger partial charge in [0.05, 0.1) is 0 Å². The van der Waals surface area contributed by atoms with Crippen LogP contribution in [0.4, 0.5) is 12.6 Å². The second-order valence-electron chi connectivity index (χ2n) is 0.192. The first-order valence-corrected chi connectivity index (χ1v) is 1.52. The van der Waals surface area contributed by atoms with Gasteiger partial charge >= 0.3 is 8.85 Å². The first kappa shape index (κ1) is 8.97.